The average Bonchev–Trinajstić information content (AvgIpc) is 3.67. The van der Waals surface area contributed by atoms with Crippen molar-refractivity contribution in [3.05, 3.63) is 41.5 Å². The van der Waals surface area contributed by atoms with Gasteiger partial charge in [-0.25, -0.2) is 0 Å². The zero-order chi connectivity index (χ0) is 20.1. The topological polar surface area (TPSA) is 78.0 Å². The molecule has 148 valence electrons. The van der Waals surface area contributed by atoms with Crippen LogP contribution in [0.4, 0.5) is 11.4 Å². The molecular formula is C21H22N6OS. The number of thioether (sulfide) groups is 1. The van der Waals surface area contributed by atoms with Crippen LogP contribution in [-0.2, 0) is 4.79 Å². The van der Waals surface area contributed by atoms with Crippen molar-refractivity contribution < 1.29 is 4.79 Å². The molecule has 7 nitrogen and oxygen atoms in total. The number of benzene rings is 1. The molecule has 29 heavy (non-hydrogen) atoms. The van der Waals surface area contributed by atoms with Crippen LogP contribution in [0.1, 0.15) is 43.5 Å². The molecule has 3 aliphatic rings. The third-order valence-corrected chi connectivity index (χ3v) is 6.67. The molecule has 5 rings (SSSR count). The van der Waals surface area contributed by atoms with Crippen LogP contribution in [0.3, 0.4) is 0 Å². The Morgan fingerprint density at radius 1 is 1.14 bits per heavy atom. The zero-order valence-electron chi connectivity index (χ0n) is 16.5. The van der Waals surface area contributed by atoms with Gasteiger partial charge in [0.15, 0.2) is 10.9 Å². The predicted molar refractivity (Wildman–Crippen MR) is 112 cm³/mol. The standard InChI is InChI=1S/C21H22N6OS/c1-25-16-5-3-4-6-17(16)26(2)20(25)15(11-22)18(28)12-29-21-24-23-19(13-7-8-13)27(21)14-9-10-14/h3-6,13-14H,7-10,12H2,1-2H3. The van der Waals surface area contributed by atoms with Crippen LogP contribution in [0.2, 0.25) is 0 Å². The molecule has 0 unspecified atom stereocenters. The van der Waals surface area contributed by atoms with Gasteiger partial charge in [0, 0.05) is 26.1 Å². The van der Waals surface area contributed by atoms with Crippen molar-refractivity contribution in [2.24, 2.45) is 0 Å². The van der Waals surface area contributed by atoms with E-state index in [1.807, 2.05) is 48.2 Å². The molecule has 0 N–H and O–H groups in total. The van der Waals surface area contributed by atoms with E-state index in [0.29, 0.717) is 17.8 Å². The first kappa shape index (κ1) is 18.3. The third kappa shape index (κ3) is 3.10. The lowest BCUT2D eigenvalue weighted by atomic mass is 10.2. The normalized spacial score (nSPS) is 18.0. The Bertz CT molecular complexity index is 1030. The van der Waals surface area contributed by atoms with E-state index in [9.17, 15) is 10.1 Å². The summed E-state index contributed by atoms with van der Waals surface area (Å²) in [5, 5.41) is 19.3. The Kier molecular flexibility index (Phi) is 4.36. The van der Waals surface area contributed by atoms with Gasteiger partial charge in [0.05, 0.1) is 17.1 Å². The number of allylic oxidation sites excluding steroid dienone is 1. The van der Waals surface area contributed by atoms with Crippen molar-refractivity contribution in [3.8, 4) is 6.07 Å². The van der Waals surface area contributed by atoms with E-state index in [1.165, 1.54) is 24.6 Å². The molecule has 0 bridgehead atoms. The minimum Gasteiger partial charge on any atom is -0.328 e. The van der Waals surface area contributed by atoms with Gasteiger partial charge in [0.25, 0.3) is 0 Å². The molecule has 1 aromatic carbocycles. The molecule has 0 saturated heterocycles. The second-order valence-corrected chi connectivity index (χ2v) is 8.79. The van der Waals surface area contributed by atoms with E-state index in [1.54, 1.807) is 0 Å². The Labute approximate surface area is 174 Å². The summed E-state index contributed by atoms with van der Waals surface area (Å²) in [5.41, 5.74) is 2.15. The molecule has 2 aliphatic carbocycles. The maximum absolute atomic E-state index is 13.0. The Balaban J connectivity index is 1.38. The first-order valence-electron chi connectivity index (χ1n) is 9.91. The fourth-order valence-corrected chi connectivity index (χ4v) is 4.83. The number of hydrogen-bond donors (Lipinski definition) is 0. The highest BCUT2D eigenvalue weighted by atomic mass is 32.2. The highest BCUT2D eigenvalue weighted by Gasteiger charge is 2.37. The Morgan fingerprint density at radius 2 is 1.79 bits per heavy atom. The van der Waals surface area contributed by atoms with Gasteiger partial charge < -0.3 is 14.4 Å². The Morgan fingerprint density at radius 3 is 2.34 bits per heavy atom. The molecule has 0 atom stereocenters. The quantitative estimate of drug-likeness (QED) is 0.413. The van der Waals surface area contributed by atoms with E-state index in [4.69, 9.17) is 0 Å². The highest BCUT2D eigenvalue weighted by Crippen LogP contribution is 2.46. The number of anilines is 2. The number of ketones is 1. The predicted octanol–water partition coefficient (Wildman–Crippen LogP) is 3.47. The fourth-order valence-electron chi connectivity index (χ4n) is 3.94. The molecule has 2 fully saturated rings. The third-order valence-electron chi connectivity index (χ3n) is 5.73. The van der Waals surface area contributed by atoms with Crippen LogP contribution in [0.5, 0.6) is 0 Å². The molecular weight excluding hydrogens is 384 g/mol. The number of Topliss-reactive ketones (excluding diaryl/α,β-unsaturated/α-hetero) is 1. The molecule has 0 spiro atoms. The largest absolute Gasteiger partial charge is 0.328 e. The van der Waals surface area contributed by atoms with Crippen LogP contribution in [0.15, 0.2) is 40.8 Å². The first-order chi connectivity index (χ1) is 14.1. The lowest BCUT2D eigenvalue weighted by molar-refractivity contribution is -0.112. The Hall–Kier alpha value is -2.79. The number of carbonyl (C=O) groups excluding carboxylic acids is 1. The number of rotatable bonds is 6. The summed E-state index contributed by atoms with van der Waals surface area (Å²) in [4.78, 5) is 16.8. The van der Waals surface area contributed by atoms with Gasteiger partial charge in [-0.05, 0) is 37.8 Å². The van der Waals surface area contributed by atoms with Crippen LogP contribution < -0.4 is 9.80 Å². The van der Waals surface area contributed by atoms with Crippen LogP contribution in [0, 0.1) is 11.3 Å². The zero-order valence-corrected chi connectivity index (χ0v) is 17.3. The number of hydrogen-bond acceptors (Lipinski definition) is 7. The molecule has 8 heteroatoms. The molecule has 1 aliphatic heterocycles. The van der Waals surface area contributed by atoms with E-state index in [0.717, 1.165) is 35.2 Å². The number of aromatic nitrogens is 3. The maximum Gasteiger partial charge on any atom is 0.191 e. The molecule has 2 aromatic rings. The second kappa shape index (κ2) is 6.92. The van der Waals surface area contributed by atoms with Gasteiger partial charge in [-0.3, -0.25) is 4.79 Å². The van der Waals surface area contributed by atoms with Crippen molar-refractivity contribution in [1.82, 2.24) is 14.8 Å². The summed E-state index contributed by atoms with van der Waals surface area (Å²) < 4.78 is 2.23. The summed E-state index contributed by atoms with van der Waals surface area (Å²) >= 11 is 1.40. The van der Waals surface area contributed by atoms with E-state index in [-0.39, 0.29) is 17.1 Å². The molecule has 2 heterocycles. The van der Waals surface area contributed by atoms with Crippen LogP contribution in [-0.4, -0.2) is 40.4 Å². The number of para-hydroxylation sites is 2. The van der Waals surface area contributed by atoms with Crippen molar-refractivity contribution in [2.45, 2.75) is 42.8 Å². The number of nitriles is 1. The maximum atomic E-state index is 13.0. The van der Waals surface area contributed by atoms with E-state index in [2.05, 4.69) is 20.8 Å². The fraction of sp³-hybridized carbons (Fsp3) is 0.429. The summed E-state index contributed by atoms with van der Waals surface area (Å²) in [6.07, 6.45) is 4.66. The smallest absolute Gasteiger partial charge is 0.191 e. The van der Waals surface area contributed by atoms with E-state index >= 15 is 0 Å². The van der Waals surface area contributed by atoms with Gasteiger partial charge in [-0.15, -0.1) is 10.2 Å². The van der Waals surface area contributed by atoms with Gasteiger partial charge in [-0.2, -0.15) is 5.26 Å². The first-order valence-corrected chi connectivity index (χ1v) is 10.9. The summed E-state index contributed by atoms with van der Waals surface area (Å²) in [6, 6.07) is 10.5. The molecule has 2 saturated carbocycles. The minimum absolute atomic E-state index is 0.179. The second-order valence-electron chi connectivity index (χ2n) is 7.85. The summed E-state index contributed by atoms with van der Waals surface area (Å²) in [7, 11) is 3.78. The van der Waals surface area contributed by atoms with Gasteiger partial charge >= 0.3 is 0 Å². The minimum atomic E-state index is -0.183. The molecule has 0 amide bonds. The van der Waals surface area contributed by atoms with E-state index < -0.39 is 0 Å². The average molecular weight is 407 g/mol. The van der Waals surface area contributed by atoms with Crippen molar-refractivity contribution >= 4 is 28.9 Å². The highest BCUT2D eigenvalue weighted by molar-refractivity contribution is 7.99. The number of carbonyl (C=O) groups is 1. The van der Waals surface area contributed by atoms with Crippen LogP contribution in [0.25, 0.3) is 0 Å². The van der Waals surface area contributed by atoms with Gasteiger partial charge in [0.1, 0.15) is 23.3 Å². The molecule has 0 radical (unpaired) electrons. The van der Waals surface area contributed by atoms with Crippen molar-refractivity contribution in [2.75, 3.05) is 29.6 Å². The number of nitrogens with zero attached hydrogens (tertiary/aromatic N) is 6. The molecule has 1 aromatic heterocycles. The van der Waals surface area contributed by atoms with Gasteiger partial charge in [0.2, 0.25) is 0 Å². The van der Waals surface area contributed by atoms with Crippen molar-refractivity contribution in [1.29, 1.82) is 5.26 Å². The van der Waals surface area contributed by atoms with Gasteiger partial charge in [-0.1, -0.05) is 23.9 Å². The summed E-state index contributed by atoms with van der Waals surface area (Å²) in [6.45, 7) is 0. The number of fused-ring (bicyclic) bond motifs is 1. The summed E-state index contributed by atoms with van der Waals surface area (Å²) in [5.74, 6) is 2.23. The lowest BCUT2D eigenvalue weighted by Crippen LogP contribution is -2.26. The SMILES string of the molecule is CN1C(=C(C#N)C(=O)CSc2nnc(C3CC3)n2C2CC2)N(C)c2ccccc21. The van der Waals surface area contributed by atoms with Crippen LogP contribution >= 0.6 is 11.8 Å². The van der Waals surface area contributed by atoms with Crippen molar-refractivity contribution in [3.63, 3.8) is 0 Å². The lowest BCUT2D eigenvalue weighted by Gasteiger charge is -2.19. The monoisotopic (exact) mass is 406 g/mol.